The Labute approximate surface area is 168 Å². The molecule has 7 nitrogen and oxygen atoms in total. The second-order valence-electron chi connectivity index (χ2n) is 6.88. The van der Waals surface area contributed by atoms with Gasteiger partial charge < -0.3 is 15.7 Å². The maximum Gasteiger partial charge on any atom is 0.303 e. The molecule has 2 aromatic carbocycles. The van der Waals surface area contributed by atoms with E-state index in [2.05, 4.69) is 10.6 Å². The van der Waals surface area contributed by atoms with Crippen LogP contribution in [-0.4, -0.2) is 41.3 Å². The molecule has 0 fully saturated rings. The number of rotatable bonds is 8. The molecular weight excluding hydrogens is 372 g/mol. The number of carbonyl (C=O) groups is 4. The van der Waals surface area contributed by atoms with Crippen LogP contribution in [0.2, 0.25) is 0 Å². The normalized spacial score (nSPS) is 12.7. The van der Waals surface area contributed by atoms with Gasteiger partial charge in [-0.1, -0.05) is 37.3 Å². The van der Waals surface area contributed by atoms with E-state index in [4.69, 9.17) is 5.11 Å². The number of benzene rings is 2. The zero-order chi connectivity index (χ0) is 21.0. The first kappa shape index (κ1) is 20.3. The van der Waals surface area contributed by atoms with Crippen LogP contribution in [0.25, 0.3) is 11.1 Å². The summed E-state index contributed by atoms with van der Waals surface area (Å²) >= 11 is 0. The number of ketones is 1. The van der Waals surface area contributed by atoms with E-state index in [9.17, 15) is 19.2 Å². The van der Waals surface area contributed by atoms with Crippen molar-refractivity contribution >= 4 is 23.6 Å². The van der Waals surface area contributed by atoms with Crippen LogP contribution in [0.5, 0.6) is 0 Å². The summed E-state index contributed by atoms with van der Waals surface area (Å²) in [6.45, 7) is 2.33. The van der Waals surface area contributed by atoms with Crippen molar-refractivity contribution in [3.8, 4) is 11.1 Å². The summed E-state index contributed by atoms with van der Waals surface area (Å²) in [6, 6.07) is 11.1. The lowest BCUT2D eigenvalue weighted by molar-refractivity contribution is -0.137. The SMILES string of the molecule is CCCNC(=O)C(CCC(=O)O)NC(=O)c1ccc2c(c1)C(=O)c1ccccc1-2. The van der Waals surface area contributed by atoms with E-state index in [-0.39, 0.29) is 24.2 Å². The second-order valence-corrected chi connectivity index (χ2v) is 6.88. The molecule has 0 aromatic heterocycles. The minimum absolute atomic E-state index is 0.0219. The lowest BCUT2D eigenvalue weighted by atomic mass is 10.0. The van der Waals surface area contributed by atoms with Gasteiger partial charge in [-0.3, -0.25) is 19.2 Å². The molecule has 3 rings (SSSR count). The highest BCUT2D eigenvalue weighted by Gasteiger charge is 2.28. The van der Waals surface area contributed by atoms with Crippen molar-refractivity contribution in [1.82, 2.24) is 10.6 Å². The van der Waals surface area contributed by atoms with E-state index in [0.29, 0.717) is 17.7 Å². The van der Waals surface area contributed by atoms with E-state index < -0.39 is 23.8 Å². The van der Waals surface area contributed by atoms with Crippen molar-refractivity contribution in [2.24, 2.45) is 0 Å². The highest BCUT2D eigenvalue weighted by molar-refractivity contribution is 6.22. The lowest BCUT2D eigenvalue weighted by Crippen LogP contribution is -2.47. The molecule has 1 unspecified atom stereocenters. The summed E-state index contributed by atoms with van der Waals surface area (Å²) in [5.41, 5.74) is 2.88. The fraction of sp³-hybridized carbons (Fsp3) is 0.273. The Kier molecular flexibility index (Phi) is 6.07. The molecule has 0 radical (unpaired) electrons. The number of amides is 2. The Morgan fingerprint density at radius 2 is 1.69 bits per heavy atom. The van der Waals surface area contributed by atoms with E-state index in [1.807, 2.05) is 19.1 Å². The molecule has 2 aromatic rings. The average Bonchev–Trinajstić information content (AvgIpc) is 3.01. The summed E-state index contributed by atoms with van der Waals surface area (Å²) < 4.78 is 0. The fourth-order valence-electron chi connectivity index (χ4n) is 3.32. The van der Waals surface area contributed by atoms with E-state index in [1.165, 1.54) is 6.07 Å². The van der Waals surface area contributed by atoms with Crippen LogP contribution in [0, 0.1) is 0 Å². The predicted octanol–water partition coefficient (Wildman–Crippen LogP) is 2.39. The first-order valence-corrected chi connectivity index (χ1v) is 9.51. The standard InChI is InChI=1S/C22H22N2O5/c1-2-11-23-22(29)18(9-10-19(25)26)24-21(28)13-7-8-15-14-5-3-4-6-16(14)20(27)17(15)12-13/h3-8,12,18H,2,9-11H2,1H3,(H,23,29)(H,24,28)(H,25,26). The predicted molar refractivity (Wildman–Crippen MR) is 107 cm³/mol. The average molecular weight is 394 g/mol. The molecule has 2 amide bonds. The molecule has 0 heterocycles. The third kappa shape index (κ3) is 4.34. The van der Waals surface area contributed by atoms with E-state index >= 15 is 0 Å². The van der Waals surface area contributed by atoms with Gasteiger partial charge in [0.1, 0.15) is 6.04 Å². The van der Waals surface area contributed by atoms with E-state index in [1.54, 1.807) is 24.3 Å². The van der Waals surface area contributed by atoms with Crippen molar-refractivity contribution in [1.29, 1.82) is 0 Å². The van der Waals surface area contributed by atoms with Crippen molar-refractivity contribution in [2.75, 3.05) is 6.54 Å². The summed E-state index contributed by atoms with van der Waals surface area (Å²) in [7, 11) is 0. The molecule has 0 saturated carbocycles. The Morgan fingerprint density at radius 3 is 2.38 bits per heavy atom. The minimum Gasteiger partial charge on any atom is -0.481 e. The Bertz CT molecular complexity index is 983. The zero-order valence-electron chi connectivity index (χ0n) is 16.0. The zero-order valence-corrected chi connectivity index (χ0v) is 16.0. The largest absolute Gasteiger partial charge is 0.481 e. The molecule has 1 aliphatic rings. The lowest BCUT2D eigenvalue weighted by Gasteiger charge is -2.18. The van der Waals surface area contributed by atoms with Gasteiger partial charge in [-0.05, 0) is 36.1 Å². The van der Waals surface area contributed by atoms with Gasteiger partial charge in [0.2, 0.25) is 5.91 Å². The Morgan fingerprint density at radius 1 is 1.00 bits per heavy atom. The summed E-state index contributed by atoms with van der Waals surface area (Å²) in [4.78, 5) is 48.5. The number of fused-ring (bicyclic) bond motifs is 3. The number of carbonyl (C=O) groups excluding carboxylic acids is 3. The molecule has 1 aliphatic carbocycles. The maximum atomic E-state index is 12.7. The second kappa shape index (κ2) is 8.68. The van der Waals surface area contributed by atoms with Gasteiger partial charge >= 0.3 is 5.97 Å². The summed E-state index contributed by atoms with van der Waals surface area (Å²) in [5, 5.41) is 14.2. The molecule has 150 valence electrons. The van der Waals surface area contributed by atoms with Gasteiger partial charge in [0.05, 0.1) is 0 Å². The van der Waals surface area contributed by atoms with Crippen LogP contribution < -0.4 is 10.6 Å². The quantitative estimate of drug-likeness (QED) is 0.543. The molecule has 29 heavy (non-hydrogen) atoms. The highest BCUT2D eigenvalue weighted by Crippen LogP contribution is 2.36. The molecular formula is C22H22N2O5. The van der Waals surface area contributed by atoms with Gasteiger partial charge in [-0.25, -0.2) is 0 Å². The summed E-state index contributed by atoms with van der Waals surface area (Å²) in [5.74, 6) is -2.15. The fourth-order valence-corrected chi connectivity index (χ4v) is 3.32. The Hall–Kier alpha value is -3.48. The van der Waals surface area contributed by atoms with Gasteiger partial charge in [0, 0.05) is 29.7 Å². The smallest absolute Gasteiger partial charge is 0.303 e. The number of aliphatic carboxylic acids is 1. The number of carboxylic acids is 1. The number of hydrogen-bond donors (Lipinski definition) is 3. The molecule has 0 spiro atoms. The monoisotopic (exact) mass is 394 g/mol. The number of hydrogen-bond acceptors (Lipinski definition) is 4. The molecule has 3 N–H and O–H groups in total. The van der Waals surface area contributed by atoms with Crippen LogP contribution in [0.3, 0.4) is 0 Å². The van der Waals surface area contributed by atoms with Crippen molar-refractivity contribution in [2.45, 2.75) is 32.2 Å². The van der Waals surface area contributed by atoms with Gasteiger partial charge in [0.15, 0.2) is 5.78 Å². The van der Waals surface area contributed by atoms with Crippen LogP contribution in [0.1, 0.15) is 52.5 Å². The maximum absolute atomic E-state index is 12.7. The third-order valence-electron chi connectivity index (χ3n) is 4.81. The first-order valence-electron chi connectivity index (χ1n) is 9.51. The van der Waals surface area contributed by atoms with E-state index in [0.717, 1.165) is 17.5 Å². The molecule has 0 aliphatic heterocycles. The third-order valence-corrected chi connectivity index (χ3v) is 4.81. The minimum atomic E-state index is -1.05. The molecule has 0 bridgehead atoms. The Balaban J connectivity index is 1.79. The topological polar surface area (TPSA) is 113 Å². The van der Waals surface area contributed by atoms with Crippen LogP contribution in [0.4, 0.5) is 0 Å². The van der Waals surface area contributed by atoms with Crippen LogP contribution >= 0.6 is 0 Å². The van der Waals surface area contributed by atoms with Crippen molar-refractivity contribution in [3.63, 3.8) is 0 Å². The molecule has 0 saturated heterocycles. The van der Waals surface area contributed by atoms with Gasteiger partial charge in [-0.2, -0.15) is 0 Å². The van der Waals surface area contributed by atoms with Gasteiger partial charge in [-0.15, -0.1) is 0 Å². The number of carboxylic acid groups (broad SMARTS) is 1. The molecule has 1 atom stereocenters. The first-order chi connectivity index (χ1) is 13.9. The van der Waals surface area contributed by atoms with Crippen molar-refractivity contribution < 1.29 is 24.3 Å². The summed E-state index contributed by atoms with van der Waals surface area (Å²) in [6.07, 6.45) is 0.452. The van der Waals surface area contributed by atoms with Crippen LogP contribution in [0.15, 0.2) is 42.5 Å². The highest BCUT2D eigenvalue weighted by atomic mass is 16.4. The van der Waals surface area contributed by atoms with Crippen molar-refractivity contribution in [3.05, 3.63) is 59.2 Å². The van der Waals surface area contributed by atoms with Crippen LogP contribution in [-0.2, 0) is 9.59 Å². The number of nitrogens with one attached hydrogen (secondary N) is 2. The van der Waals surface area contributed by atoms with Gasteiger partial charge in [0.25, 0.3) is 5.91 Å². The molecule has 7 heteroatoms.